The molecule has 0 bridgehead atoms. The van der Waals surface area contributed by atoms with Gasteiger partial charge in [0.15, 0.2) is 11.6 Å². The highest BCUT2D eigenvalue weighted by molar-refractivity contribution is 5.44. The predicted octanol–water partition coefficient (Wildman–Crippen LogP) is 1.80. The Bertz CT molecular complexity index is 371. The molecule has 0 spiro atoms. The number of hydrogen-bond donors (Lipinski definition) is 1. The van der Waals surface area contributed by atoms with Crippen molar-refractivity contribution in [2.45, 2.75) is 26.4 Å². The molecule has 5 heteroatoms. The molecule has 18 heavy (non-hydrogen) atoms. The van der Waals surface area contributed by atoms with Crippen molar-refractivity contribution in [2.24, 2.45) is 0 Å². The zero-order valence-electron chi connectivity index (χ0n) is 11.5. The molecule has 1 N–H and O–H groups in total. The van der Waals surface area contributed by atoms with Gasteiger partial charge in [0, 0.05) is 38.0 Å². The first kappa shape index (κ1) is 14.9. The van der Waals surface area contributed by atoms with Crippen molar-refractivity contribution >= 4 is 5.82 Å². The minimum Gasteiger partial charge on any atom is -0.383 e. The van der Waals surface area contributed by atoms with E-state index in [0.717, 1.165) is 0 Å². The molecular weight excluding hydrogens is 233 g/mol. The standard InChI is InChI=1S/C13H22FN3O/c1-10(2)17(7-8-18-4)13-12(14)11(9-15-3)5-6-16-13/h5-6,10,15H,7-9H2,1-4H3. The third kappa shape index (κ3) is 3.65. The van der Waals surface area contributed by atoms with Crippen LogP contribution in [0.2, 0.25) is 0 Å². The van der Waals surface area contributed by atoms with Gasteiger partial charge in [-0.1, -0.05) is 0 Å². The summed E-state index contributed by atoms with van der Waals surface area (Å²) in [7, 11) is 3.43. The Morgan fingerprint density at radius 1 is 1.50 bits per heavy atom. The SMILES string of the molecule is CNCc1ccnc(N(CCOC)C(C)C)c1F. The minimum atomic E-state index is -0.253. The van der Waals surface area contributed by atoms with Gasteiger partial charge in [-0.05, 0) is 27.0 Å². The van der Waals surface area contributed by atoms with Gasteiger partial charge in [0.1, 0.15) is 0 Å². The van der Waals surface area contributed by atoms with E-state index in [1.807, 2.05) is 18.7 Å². The van der Waals surface area contributed by atoms with Crippen molar-refractivity contribution in [1.29, 1.82) is 0 Å². The van der Waals surface area contributed by atoms with E-state index in [0.29, 0.717) is 31.1 Å². The minimum absolute atomic E-state index is 0.173. The van der Waals surface area contributed by atoms with Crippen LogP contribution in [0.3, 0.4) is 0 Å². The molecule has 0 aliphatic rings. The van der Waals surface area contributed by atoms with E-state index in [4.69, 9.17) is 4.74 Å². The third-order valence-electron chi connectivity index (χ3n) is 2.75. The number of pyridine rings is 1. The second kappa shape index (κ2) is 7.28. The highest BCUT2D eigenvalue weighted by Gasteiger charge is 2.18. The molecule has 0 aromatic carbocycles. The first-order chi connectivity index (χ1) is 8.61. The number of aromatic nitrogens is 1. The second-order valence-corrected chi connectivity index (χ2v) is 4.42. The van der Waals surface area contributed by atoms with E-state index in [1.54, 1.807) is 26.4 Å². The number of halogens is 1. The normalized spacial score (nSPS) is 11.0. The molecule has 0 unspecified atom stereocenters. The maximum absolute atomic E-state index is 14.3. The van der Waals surface area contributed by atoms with Crippen LogP contribution in [0.4, 0.5) is 10.2 Å². The molecule has 1 heterocycles. The Morgan fingerprint density at radius 2 is 2.22 bits per heavy atom. The summed E-state index contributed by atoms with van der Waals surface area (Å²) in [6, 6.07) is 1.87. The molecule has 4 nitrogen and oxygen atoms in total. The van der Waals surface area contributed by atoms with Crippen LogP contribution in [0.25, 0.3) is 0 Å². The van der Waals surface area contributed by atoms with Crippen molar-refractivity contribution in [3.05, 3.63) is 23.6 Å². The van der Waals surface area contributed by atoms with Crippen molar-refractivity contribution in [2.75, 3.05) is 32.2 Å². The Balaban J connectivity index is 3.00. The lowest BCUT2D eigenvalue weighted by Gasteiger charge is -2.28. The summed E-state index contributed by atoms with van der Waals surface area (Å²) in [5.74, 6) is 0.145. The van der Waals surface area contributed by atoms with E-state index in [9.17, 15) is 4.39 Å². The van der Waals surface area contributed by atoms with E-state index < -0.39 is 0 Å². The van der Waals surface area contributed by atoms with Gasteiger partial charge in [-0.15, -0.1) is 0 Å². The number of hydrogen-bond acceptors (Lipinski definition) is 4. The zero-order chi connectivity index (χ0) is 13.5. The molecule has 0 saturated heterocycles. The molecular formula is C13H22FN3O. The molecule has 0 radical (unpaired) electrons. The van der Waals surface area contributed by atoms with Gasteiger partial charge in [-0.25, -0.2) is 9.37 Å². The smallest absolute Gasteiger partial charge is 0.170 e. The largest absolute Gasteiger partial charge is 0.383 e. The van der Waals surface area contributed by atoms with Crippen molar-refractivity contribution in [3.8, 4) is 0 Å². The summed E-state index contributed by atoms with van der Waals surface area (Å²) in [6.45, 7) is 5.71. The van der Waals surface area contributed by atoms with Crippen LogP contribution in [0.15, 0.2) is 12.3 Å². The number of nitrogens with zero attached hydrogens (tertiary/aromatic N) is 2. The first-order valence-electron chi connectivity index (χ1n) is 6.15. The van der Waals surface area contributed by atoms with Gasteiger partial charge in [-0.2, -0.15) is 0 Å². The fourth-order valence-corrected chi connectivity index (χ4v) is 1.80. The quantitative estimate of drug-likeness (QED) is 0.806. The Labute approximate surface area is 108 Å². The van der Waals surface area contributed by atoms with E-state index >= 15 is 0 Å². The van der Waals surface area contributed by atoms with E-state index in [-0.39, 0.29) is 11.9 Å². The lowest BCUT2D eigenvalue weighted by atomic mass is 10.2. The summed E-state index contributed by atoms with van der Waals surface area (Å²) in [6.07, 6.45) is 1.65. The summed E-state index contributed by atoms with van der Waals surface area (Å²) in [5, 5.41) is 2.95. The third-order valence-corrected chi connectivity index (χ3v) is 2.75. The molecule has 0 atom stereocenters. The monoisotopic (exact) mass is 255 g/mol. The van der Waals surface area contributed by atoms with E-state index in [1.165, 1.54) is 0 Å². The van der Waals surface area contributed by atoms with E-state index in [2.05, 4.69) is 10.3 Å². The Hall–Kier alpha value is -1.20. The fourth-order valence-electron chi connectivity index (χ4n) is 1.80. The average Bonchev–Trinajstić information content (AvgIpc) is 2.34. The predicted molar refractivity (Wildman–Crippen MR) is 71.3 cm³/mol. The molecule has 0 aliphatic carbocycles. The van der Waals surface area contributed by atoms with Crippen LogP contribution < -0.4 is 10.2 Å². The zero-order valence-corrected chi connectivity index (χ0v) is 11.5. The number of nitrogens with one attached hydrogen (secondary N) is 1. The van der Waals surface area contributed by atoms with Gasteiger partial charge in [0.2, 0.25) is 0 Å². The summed E-state index contributed by atoms with van der Waals surface area (Å²) in [4.78, 5) is 6.08. The second-order valence-electron chi connectivity index (χ2n) is 4.42. The Kier molecular flexibility index (Phi) is 6.01. The number of methoxy groups -OCH3 is 1. The van der Waals surface area contributed by atoms with Crippen molar-refractivity contribution in [3.63, 3.8) is 0 Å². The number of anilines is 1. The van der Waals surface area contributed by atoms with Crippen molar-refractivity contribution in [1.82, 2.24) is 10.3 Å². The van der Waals surface area contributed by atoms with Crippen molar-refractivity contribution < 1.29 is 9.13 Å². The molecule has 1 rings (SSSR count). The topological polar surface area (TPSA) is 37.4 Å². The maximum atomic E-state index is 14.3. The van der Waals surface area contributed by atoms with Crippen LogP contribution in [-0.4, -0.2) is 38.3 Å². The first-order valence-corrected chi connectivity index (χ1v) is 6.15. The van der Waals surface area contributed by atoms with Crippen LogP contribution in [0, 0.1) is 5.82 Å². The molecule has 0 fully saturated rings. The fraction of sp³-hybridized carbons (Fsp3) is 0.615. The Morgan fingerprint density at radius 3 is 2.78 bits per heavy atom. The number of rotatable bonds is 7. The molecule has 0 saturated carbocycles. The van der Waals surface area contributed by atoms with Crippen LogP contribution in [0.1, 0.15) is 19.4 Å². The highest BCUT2D eigenvalue weighted by Crippen LogP contribution is 2.21. The van der Waals surface area contributed by atoms with Gasteiger partial charge >= 0.3 is 0 Å². The molecule has 0 amide bonds. The van der Waals surface area contributed by atoms with Crippen LogP contribution >= 0.6 is 0 Å². The molecule has 0 aliphatic heterocycles. The highest BCUT2D eigenvalue weighted by atomic mass is 19.1. The van der Waals surface area contributed by atoms with Crippen LogP contribution in [-0.2, 0) is 11.3 Å². The van der Waals surface area contributed by atoms with Gasteiger partial charge in [0.25, 0.3) is 0 Å². The van der Waals surface area contributed by atoms with Gasteiger partial charge in [-0.3, -0.25) is 0 Å². The molecule has 1 aromatic rings. The van der Waals surface area contributed by atoms with Gasteiger partial charge in [0.05, 0.1) is 6.61 Å². The summed E-state index contributed by atoms with van der Waals surface area (Å²) < 4.78 is 19.4. The summed E-state index contributed by atoms with van der Waals surface area (Å²) in [5.41, 5.74) is 0.630. The maximum Gasteiger partial charge on any atom is 0.170 e. The molecule has 1 aromatic heterocycles. The summed E-state index contributed by atoms with van der Waals surface area (Å²) >= 11 is 0. The molecule has 102 valence electrons. The number of ether oxygens (including phenoxy) is 1. The lowest BCUT2D eigenvalue weighted by Crippen LogP contribution is -2.35. The average molecular weight is 255 g/mol. The van der Waals surface area contributed by atoms with Crippen LogP contribution in [0.5, 0.6) is 0 Å². The lowest BCUT2D eigenvalue weighted by molar-refractivity contribution is 0.203. The van der Waals surface area contributed by atoms with Gasteiger partial charge < -0.3 is 15.0 Å².